The molecule has 3 rings (SSSR count). The van der Waals surface area contributed by atoms with Gasteiger partial charge in [-0.15, -0.1) is 0 Å². The van der Waals surface area contributed by atoms with Crippen molar-refractivity contribution < 1.29 is 9.47 Å². The summed E-state index contributed by atoms with van der Waals surface area (Å²) in [6, 6.07) is 9.48. The van der Waals surface area contributed by atoms with Crippen molar-refractivity contribution >= 4 is 16.6 Å². The van der Waals surface area contributed by atoms with Gasteiger partial charge >= 0.3 is 0 Å². The summed E-state index contributed by atoms with van der Waals surface area (Å²) in [7, 11) is 1.49. The van der Waals surface area contributed by atoms with Crippen LogP contribution in [0.2, 0.25) is 0 Å². The summed E-state index contributed by atoms with van der Waals surface area (Å²) in [5.41, 5.74) is 6.89. The smallest absolute Gasteiger partial charge is 0.249 e. The fourth-order valence-corrected chi connectivity index (χ4v) is 1.87. The molecule has 6 nitrogen and oxygen atoms in total. The maximum absolute atomic E-state index is 5.89. The number of methoxy groups -OCH3 is 1. The van der Waals surface area contributed by atoms with Crippen LogP contribution in [0.1, 0.15) is 0 Å². The number of fused-ring (bicyclic) bond motifs is 1. The molecule has 0 saturated heterocycles. The number of nitrogen functional groups attached to an aromatic ring is 1. The van der Waals surface area contributed by atoms with Gasteiger partial charge in [0.1, 0.15) is 11.8 Å². The van der Waals surface area contributed by atoms with E-state index in [1.807, 2.05) is 30.3 Å². The molecule has 1 aromatic carbocycles. The first kappa shape index (κ1) is 12.2. The highest BCUT2D eigenvalue weighted by Gasteiger charge is 2.12. The molecule has 0 aliphatic carbocycles. The van der Waals surface area contributed by atoms with E-state index in [1.54, 1.807) is 6.20 Å². The van der Waals surface area contributed by atoms with Crippen LogP contribution in [0.25, 0.3) is 10.9 Å². The van der Waals surface area contributed by atoms with E-state index in [-0.39, 0.29) is 17.4 Å². The zero-order chi connectivity index (χ0) is 13.9. The van der Waals surface area contributed by atoms with Gasteiger partial charge in [-0.05, 0) is 12.1 Å². The lowest BCUT2D eigenvalue weighted by molar-refractivity contribution is 0.392. The second-order valence-corrected chi connectivity index (χ2v) is 4.04. The maximum Gasteiger partial charge on any atom is 0.249 e. The highest BCUT2D eigenvalue weighted by atomic mass is 16.5. The van der Waals surface area contributed by atoms with Crippen molar-refractivity contribution in [2.24, 2.45) is 0 Å². The van der Waals surface area contributed by atoms with E-state index >= 15 is 0 Å². The third kappa shape index (κ3) is 2.07. The molecule has 100 valence electrons. The Morgan fingerprint density at radius 3 is 2.65 bits per heavy atom. The van der Waals surface area contributed by atoms with Gasteiger partial charge in [0.05, 0.1) is 7.11 Å². The van der Waals surface area contributed by atoms with Gasteiger partial charge < -0.3 is 15.2 Å². The molecule has 0 bridgehead atoms. The monoisotopic (exact) mass is 268 g/mol. The first-order chi connectivity index (χ1) is 9.79. The first-order valence-corrected chi connectivity index (χ1v) is 5.95. The molecular formula is C14H12N4O2. The standard InChI is InChI=1S/C14H12N4O2/c1-19-13-11(15)14(18-8-17-13)20-10-6-2-4-9-5-3-7-16-12(9)10/h2-8H,15H2,1H3. The normalized spacial score (nSPS) is 10.4. The quantitative estimate of drug-likeness (QED) is 0.785. The Kier molecular flexibility index (Phi) is 3.04. The second kappa shape index (κ2) is 5.00. The average Bonchev–Trinajstić information content (AvgIpc) is 2.50. The topological polar surface area (TPSA) is 83.2 Å². The van der Waals surface area contributed by atoms with Crippen LogP contribution < -0.4 is 15.2 Å². The molecule has 0 aliphatic heterocycles. The van der Waals surface area contributed by atoms with Crippen LogP contribution in [0.4, 0.5) is 5.69 Å². The second-order valence-electron chi connectivity index (χ2n) is 4.04. The Morgan fingerprint density at radius 1 is 1.00 bits per heavy atom. The molecule has 0 aliphatic rings. The lowest BCUT2D eigenvalue weighted by Gasteiger charge is -2.10. The number of anilines is 1. The van der Waals surface area contributed by atoms with Gasteiger partial charge in [0.2, 0.25) is 11.8 Å². The Morgan fingerprint density at radius 2 is 1.80 bits per heavy atom. The van der Waals surface area contributed by atoms with Crippen molar-refractivity contribution in [3.8, 4) is 17.5 Å². The summed E-state index contributed by atoms with van der Waals surface area (Å²) in [6.07, 6.45) is 3.04. The van der Waals surface area contributed by atoms with E-state index < -0.39 is 0 Å². The number of rotatable bonds is 3. The van der Waals surface area contributed by atoms with Crippen molar-refractivity contribution in [3.63, 3.8) is 0 Å². The Hall–Kier alpha value is -2.89. The molecule has 0 atom stereocenters. The molecule has 0 radical (unpaired) electrons. The minimum Gasteiger partial charge on any atom is -0.479 e. The molecule has 20 heavy (non-hydrogen) atoms. The van der Waals surface area contributed by atoms with E-state index in [0.29, 0.717) is 5.75 Å². The largest absolute Gasteiger partial charge is 0.479 e. The molecule has 0 amide bonds. The SMILES string of the molecule is COc1ncnc(Oc2cccc3cccnc23)c1N. The van der Waals surface area contributed by atoms with E-state index in [1.165, 1.54) is 13.4 Å². The van der Waals surface area contributed by atoms with Crippen LogP contribution in [0, 0.1) is 0 Å². The highest BCUT2D eigenvalue weighted by molar-refractivity contribution is 5.84. The molecule has 2 aromatic heterocycles. The van der Waals surface area contributed by atoms with Gasteiger partial charge in [-0.1, -0.05) is 18.2 Å². The summed E-state index contributed by atoms with van der Waals surface area (Å²) < 4.78 is 10.8. The minimum atomic E-state index is 0.245. The van der Waals surface area contributed by atoms with E-state index in [4.69, 9.17) is 15.2 Å². The van der Waals surface area contributed by atoms with Gasteiger partial charge in [-0.3, -0.25) is 4.98 Å². The third-order valence-electron chi connectivity index (χ3n) is 2.81. The van der Waals surface area contributed by atoms with E-state index in [0.717, 1.165) is 10.9 Å². The Balaban J connectivity index is 2.06. The zero-order valence-corrected chi connectivity index (χ0v) is 10.8. The van der Waals surface area contributed by atoms with Crippen LogP contribution in [0.3, 0.4) is 0 Å². The molecule has 0 spiro atoms. The number of ether oxygens (including phenoxy) is 2. The molecule has 0 unspecified atom stereocenters. The van der Waals surface area contributed by atoms with Crippen molar-refractivity contribution in [1.29, 1.82) is 0 Å². The highest BCUT2D eigenvalue weighted by Crippen LogP contribution is 2.33. The molecular weight excluding hydrogens is 256 g/mol. The zero-order valence-electron chi connectivity index (χ0n) is 10.8. The fourth-order valence-electron chi connectivity index (χ4n) is 1.87. The molecule has 2 heterocycles. The van der Waals surface area contributed by atoms with Gasteiger partial charge in [0.25, 0.3) is 0 Å². The average molecular weight is 268 g/mol. The number of nitrogens with two attached hydrogens (primary N) is 1. The van der Waals surface area contributed by atoms with Gasteiger partial charge in [0, 0.05) is 11.6 Å². The molecule has 2 N–H and O–H groups in total. The first-order valence-electron chi connectivity index (χ1n) is 5.95. The van der Waals surface area contributed by atoms with Crippen molar-refractivity contribution in [3.05, 3.63) is 42.9 Å². The summed E-state index contributed by atoms with van der Waals surface area (Å²) in [4.78, 5) is 12.2. The number of benzene rings is 1. The number of pyridine rings is 1. The fraction of sp³-hybridized carbons (Fsp3) is 0.0714. The van der Waals surface area contributed by atoms with Crippen LogP contribution >= 0.6 is 0 Å². The third-order valence-corrected chi connectivity index (χ3v) is 2.81. The number of aromatic nitrogens is 3. The summed E-state index contributed by atoms with van der Waals surface area (Å²) in [5, 5.41) is 0.976. The van der Waals surface area contributed by atoms with Crippen LogP contribution in [-0.2, 0) is 0 Å². The van der Waals surface area contributed by atoms with Gasteiger partial charge in [-0.2, -0.15) is 9.97 Å². The molecule has 6 heteroatoms. The Bertz CT molecular complexity index is 756. The van der Waals surface area contributed by atoms with Crippen molar-refractivity contribution in [1.82, 2.24) is 15.0 Å². The van der Waals surface area contributed by atoms with E-state index in [2.05, 4.69) is 15.0 Å². The summed E-state index contributed by atoms with van der Waals surface area (Å²) in [6.45, 7) is 0. The minimum absolute atomic E-state index is 0.245. The van der Waals surface area contributed by atoms with Gasteiger partial charge in [-0.25, -0.2) is 0 Å². The lowest BCUT2D eigenvalue weighted by Crippen LogP contribution is -2.00. The molecule has 3 aromatic rings. The number of para-hydroxylation sites is 1. The number of hydrogen-bond acceptors (Lipinski definition) is 6. The van der Waals surface area contributed by atoms with Crippen LogP contribution in [0.15, 0.2) is 42.9 Å². The molecule has 0 saturated carbocycles. The molecule has 0 fully saturated rings. The lowest BCUT2D eigenvalue weighted by atomic mass is 10.2. The van der Waals surface area contributed by atoms with Gasteiger partial charge in [0.15, 0.2) is 11.4 Å². The number of hydrogen-bond donors (Lipinski definition) is 1. The van der Waals surface area contributed by atoms with Crippen LogP contribution in [0.5, 0.6) is 17.5 Å². The predicted molar refractivity (Wildman–Crippen MR) is 74.8 cm³/mol. The summed E-state index contributed by atoms with van der Waals surface area (Å²) >= 11 is 0. The van der Waals surface area contributed by atoms with E-state index in [9.17, 15) is 0 Å². The van der Waals surface area contributed by atoms with Crippen LogP contribution in [-0.4, -0.2) is 22.1 Å². The number of nitrogens with zero attached hydrogens (tertiary/aromatic N) is 3. The summed E-state index contributed by atoms with van der Waals surface area (Å²) in [5.74, 6) is 1.11. The van der Waals surface area contributed by atoms with Crippen molar-refractivity contribution in [2.75, 3.05) is 12.8 Å². The van der Waals surface area contributed by atoms with Crippen molar-refractivity contribution in [2.45, 2.75) is 0 Å². The maximum atomic E-state index is 5.89. The predicted octanol–water partition coefficient (Wildman–Crippen LogP) is 2.41. The Labute approximate surface area is 115 Å².